The summed E-state index contributed by atoms with van der Waals surface area (Å²) in [4.78, 5) is 0. The van der Waals surface area contributed by atoms with Gasteiger partial charge in [0, 0.05) is 0 Å². The van der Waals surface area contributed by atoms with Gasteiger partial charge in [0.15, 0.2) is 0 Å². The number of hydrogen-bond acceptors (Lipinski definition) is 0. The van der Waals surface area contributed by atoms with Gasteiger partial charge < -0.3 is 0 Å². The van der Waals surface area contributed by atoms with Gasteiger partial charge in [0.25, 0.3) is 0 Å². The minimum absolute atomic E-state index is 0.585. The van der Waals surface area contributed by atoms with Crippen LogP contribution in [0.3, 0.4) is 0 Å². The predicted octanol–water partition coefficient (Wildman–Crippen LogP) is 3.80. The summed E-state index contributed by atoms with van der Waals surface area (Å²) in [6.45, 7) is 4.98. The Labute approximate surface area is 97.8 Å². The van der Waals surface area contributed by atoms with Crippen LogP contribution in [0.25, 0.3) is 0 Å². The molecule has 6 bridgehead atoms. The van der Waals surface area contributed by atoms with Gasteiger partial charge in [0.05, 0.1) is 0 Å². The lowest BCUT2D eigenvalue weighted by molar-refractivity contribution is 0.171. The molecule has 0 heterocycles. The van der Waals surface area contributed by atoms with Crippen LogP contribution in [0.5, 0.6) is 0 Å². The first-order valence-electron chi connectivity index (χ1n) is 7.01. The van der Waals surface area contributed by atoms with Crippen LogP contribution >= 0.6 is 0 Å². The van der Waals surface area contributed by atoms with E-state index in [-0.39, 0.29) is 0 Å². The smallest absolute Gasteiger partial charge is 0.000877 e. The average Bonchev–Trinajstić information content (AvgIpc) is 2.65. The molecule has 6 rings (SSSR count). The quantitative estimate of drug-likeness (QED) is 0.536. The van der Waals surface area contributed by atoms with Gasteiger partial charge in [-0.2, -0.15) is 0 Å². The van der Waals surface area contributed by atoms with Crippen molar-refractivity contribution in [1.29, 1.82) is 0 Å². The molecule has 6 atom stereocenters. The van der Waals surface area contributed by atoms with Crippen molar-refractivity contribution in [2.75, 3.05) is 0 Å². The fourth-order valence-corrected chi connectivity index (χ4v) is 6.30. The number of rotatable bonds is 0. The monoisotopic (exact) mass is 212 g/mol. The summed E-state index contributed by atoms with van der Waals surface area (Å²) in [6.07, 6.45) is 12.2. The third kappa shape index (κ3) is 0.682. The van der Waals surface area contributed by atoms with Crippen LogP contribution in [0.15, 0.2) is 23.8 Å². The predicted molar refractivity (Wildman–Crippen MR) is 64.7 cm³/mol. The standard InChI is InChI=1S/C16H20/c1-15(2)7-10-5-9-3-4-11-12-6-13(9)16(10,8-15)14(11)12/h3-5,9,11-14H,6-8H2,1-2H3. The van der Waals surface area contributed by atoms with Gasteiger partial charge in [0.1, 0.15) is 0 Å². The molecule has 84 valence electrons. The Balaban J connectivity index is 1.76. The molecule has 3 fully saturated rings. The lowest BCUT2D eigenvalue weighted by Gasteiger charge is -2.34. The van der Waals surface area contributed by atoms with Crippen molar-refractivity contribution in [1.82, 2.24) is 0 Å². The van der Waals surface area contributed by atoms with Gasteiger partial charge in [-0.15, -0.1) is 0 Å². The molecule has 16 heavy (non-hydrogen) atoms. The summed E-state index contributed by atoms with van der Waals surface area (Å²) in [5.41, 5.74) is 3.15. The van der Waals surface area contributed by atoms with E-state index in [4.69, 9.17) is 0 Å². The van der Waals surface area contributed by atoms with Crippen LogP contribution in [0.1, 0.15) is 33.1 Å². The molecule has 0 heteroatoms. The molecular weight excluding hydrogens is 192 g/mol. The van der Waals surface area contributed by atoms with E-state index in [1.165, 1.54) is 12.8 Å². The second kappa shape index (κ2) is 2.09. The third-order valence-electron chi connectivity index (χ3n) is 6.46. The zero-order valence-electron chi connectivity index (χ0n) is 10.2. The second-order valence-corrected chi connectivity index (χ2v) is 7.82. The van der Waals surface area contributed by atoms with E-state index in [1.54, 1.807) is 6.42 Å². The summed E-state index contributed by atoms with van der Waals surface area (Å²) >= 11 is 0. The summed E-state index contributed by atoms with van der Waals surface area (Å²) in [5, 5.41) is 0. The molecule has 0 aliphatic heterocycles. The Hall–Kier alpha value is -0.520. The summed E-state index contributed by atoms with van der Waals surface area (Å²) in [6, 6.07) is 0. The Bertz CT molecular complexity index is 453. The average molecular weight is 212 g/mol. The first kappa shape index (κ1) is 8.55. The van der Waals surface area contributed by atoms with Gasteiger partial charge in [0.2, 0.25) is 0 Å². The molecule has 0 saturated heterocycles. The van der Waals surface area contributed by atoms with Gasteiger partial charge in [-0.05, 0) is 59.7 Å². The maximum Gasteiger partial charge on any atom is -0.000877 e. The lowest BCUT2D eigenvalue weighted by atomic mass is 9.69. The van der Waals surface area contributed by atoms with Crippen molar-refractivity contribution < 1.29 is 0 Å². The minimum Gasteiger partial charge on any atom is -0.0842 e. The third-order valence-corrected chi connectivity index (χ3v) is 6.46. The van der Waals surface area contributed by atoms with Crippen LogP contribution in [-0.2, 0) is 0 Å². The van der Waals surface area contributed by atoms with Crippen molar-refractivity contribution in [3.63, 3.8) is 0 Å². The van der Waals surface area contributed by atoms with E-state index in [2.05, 4.69) is 32.1 Å². The van der Waals surface area contributed by atoms with E-state index in [0.717, 1.165) is 29.6 Å². The second-order valence-electron chi connectivity index (χ2n) is 7.82. The Morgan fingerprint density at radius 3 is 3.00 bits per heavy atom. The molecular formula is C16H20. The highest BCUT2D eigenvalue weighted by Crippen LogP contribution is 2.81. The summed E-state index contributed by atoms with van der Waals surface area (Å²) in [7, 11) is 0. The highest BCUT2D eigenvalue weighted by atomic mass is 14.8. The Morgan fingerprint density at radius 1 is 1.25 bits per heavy atom. The highest BCUT2D eigenvalue weighted by molar-refractivity contribution is 5.44. The normalized spacial score (nSPS) is 61.9. The topological polar surface area (TPSA) is 0 Å². The van der Waals surface area contributed by atoms with Crippen molar-refractivity contribution in [3.05, 3.63) is 23.8 Å². The van der Waals surface area contributed by atoms with Crippen molar-refractivity contribution in [3.8, 4) is 0 Å². The van der Waals surface area contributed by atoms with Gasteiger partial charge in [-0.1, -0.05) is 37.6 Å². The molecule has 0 radical (unpaired) electrons. The van der Waals surface area contributed by atoms with Gasteiger partial charge >= 0.3 is 0 Å². The molecule has 6 unspecified atom stereocenters. The van der Waals surface area contributed by atoms with E-state index in [9.17, 15) is 0 Å². The zero-order valence-corrected chi connectivity index (χ0v) is 10.2. The Kier molecular flexibility index (Phi) is 1.12. The molecule has 6 aliphatic carbocycles. The van der Waals surface area contributed by atoms with Crippen LogP contribution < -0.4 is 0 Å². The molecule has 0 aromatic heterocycles. The van der Waals surface area contributed by atoms with Crippen molar-refractivity contribution in [2.24, 2.45) is 40.4 Å². The van der Waals surface area contributed by atoms with Crippen molar-refractivity contribution in [2.45, 2.75) is 33.1 Å². The van der Waals surface area contributed by atoms with Gasteiger partial charge in [-0.3, -0.25) is 0 Å². The van der Waals surface area contributed by atoms with Crippen LogP contribution in [0, 0.1) is 40.4 Å². The van der Waals surface area contributed by atoms with E-state index in [0.29, 0.717) is 10.8 Å². The molecule has 0 amide bonds. The Morgan fingerprint density at radius 2 is 2.12 bits per heavy atom. The fourth-order valence-electron chi connectivity index (χ4n) is 6.30. The molecule has 0 aromatic carbocycles. The summed E-state index contributed by atoms with van der Waals surface area (Å²) in [5.74, 6) is 4.97. The van der Waals surface area contributed by atoms with Crippen LogP contribution in [0.4, 0.5) is 0 Å². The largest absolute Gasteiger partial charge is 0.0842 e. The molecule has 0 aromatic rings. The molecule has 1 spiro atoms. The lowest BCUT2D eigenvalue weighted by Crippen LogP contribution is -2.28. The van der Waals surface area contributed by atoms with Gasteiger partial charge in [-0.25, -0.2) is 0 Å². The zero-order chi connectivity index (χ0) is 10.7. The molecule has 0 N–H and O–H groups in total. The van der Waals surface area contributed by atoms with Crippen LogP contribution in [-0.4, -0.2) is 0 Å². The fraction of sp³-hybridized carbons (Fsp3) is 0.750. The van der Waals surface area contributed by atoms with E-state index >= 15 is 0 Å². The van der Waals surface area contributed by atoms with Crippen molar-refractivity contribution >= 4 is 0 Å². The molecule has 0 nitrogen and oxygen atoms in total. The van der Waals surface area contributed by atoms with Crippen LogP contribution in [0.2, 0.25) is 0 Å². The highest BCUT2D eigenvalue weighted by Gasteiger charge is 2.75. The molecule has 6 aliphatic rings. The SMILES string of the molecule is CC1(C)CC2=CC3C=CC4C5CC3C2(C1)C45. The number of hydrogen-bond donors (Lipinski definition) is 0. The van der Waals surface area contributed by atoms with E-state index in [1.807, 2.05) is 5.57 Å². The first-order chi connectivity index (χ1) is 7.62. The van der Waals surface area contributed by atoms with E-state index < -0.39 is 0 Å². The first-order valence-corrected chi connectivity index (χ1v) is 7.01. The number of allylic oxidation sites excluding steroid dienone is 4. The molecule has 3 saturated carbocycles. The summed E-state index contributed by atoms with van der Waals surface area (Å²) < 4.78 is 0. The maximum atomic E-state index is 2.67. The maximum absolute atomic E-state index is 2.67. The minimum atomic E-state index is 0.585.